The molecule has 0 bridgehead atoms. The van der Waals surface area contributed by atoms with E-state index in [2.05, 4.69) is 6.08 Å². The SMILES string of the molecule is C(=C(C1CCCCC1)C1CCCCC1)C1CCC(C2C3CCCCC3C(C3CCC4C5CCCCC5C5CCCC3C54)C3CCCCC32)CC1. The lowest BCUT2D eigenvalue weighted by Crippen LogP contribution is -2.55. The van der Waals surface area contributed by atoms with Crippen molar-refractivity contribution in [3.05, 3.63) is 11.6 Å². The van der Waals surface area contributed by atoms with Crippen molar-refractivity contribution in [2.24, 2.45) is 101 Å². The first-order valence-corrected chi connectivity index (χ1v) is 24.5. The molecule has 0 heterocycles. The third-order valence-electron chi connectivity index (χ3n) is 20.1. The second kappa shape index (κ2) is 15.1. The molecule has 0 nitrogen and oxygen atoms in total. The van der Waals surface area contributed by atoms with Gasteiger partial charge < -0.3 is 0 Å². The molecule has 0 aromatic rings. The maximum atomic E-state index is 3.01. The van der Waals surface area contributed by atoms with Crippen LogP contribution in [0.3, 0.4) is 0 Å². The van der Waals surface area contributed by atoms with Gasteiger partial charge in [0, 0.05) is 0 Å². The molecule has 0 amide bonds. The van der Waals surface area contributed by atoms with Crippen LogP contribution in [0.15, 0.2) is 11.6 Å². The fourth-order valence-corrected chi connectivity index (χ4v) is 18.6. The number of hydrogen-bond donors (Lipinski definition) is 0. The average molecular weight is 681 g/mol. The van der Waals surface area contributed by atoms with Crippen LogP contribution in [0.4, 0.5) is 0 Å². The number of hydrogen-bond acceptors (Lipinski definition) is 0. The van der Waals surface area contributed by atoms with E-state index in [1.165, 1.54) is 70.1 Å². The van der Waals surface area contributed by atoms with Gasteiger partial charge in [0.1, 0.15) is 0 Å². The molecule has 0 saturated heterocycles. The molecule has 280 valence electrons. The fourth-order valence-electron chi connectivity index (χ4n) is 18.6. The van der Waals surface area contributed by atoms with E-state index in [0.717, 1.165) is 94.7 Å². The van der Waals surface area contributed by atoms with Gasteiger partial charge >= 0.3 is 0 Å². The zero-order valence-corrected chi connectivity index (χ0v) is 32.8. The summed E-state index contributed by atoms with van der Waals surface area (Å²) in [4.78, 5) is 0. The summed E-state index contributed by atoms with van der Waals surface area (Å²) in [5, 5.41) is 0. The van der Waals surface area contributed by atoms with Gasteiger partial charge in [-0.25, -0.2) is 0 Å². The van der Waals surface area contributed by atoms with Crippen LogP contribution in [0.1, 0.15) is 199 Å². The first kappa shape index (κ1) is 34.2. The van der Waals surface area contributed by atoms with Crippen LogP contribution in [0.25, 0.3) is 0 Å². The Kier molecular flexibility index (Phi) is 10.3. The van der Waals surface area contributed by atoms with Gasteiger partial charge in [-0.1, -0.05) is 95.1 Å². The lowest BCUT2D eigenvalue weighted by Gasteiger charge is -2.62. The van der Waals surface area contributed by atoms with Crippen molar-refractivity contribution in [1.82, 2.24) is 0 Å². The van der Waals surface area contributed by atoms with Crippen molar-refractivity contribution in [2.45, 2.75) is 199 Å². The number of rotatable bonds is 5. The molecule has 0 spiro atoms. The van der Waals surface area contributed by atoms with Gasteiger partial charge in [-0.2, -0.15) is 0 Å². The van der Waals surface area contributed by atoms with Crippen molar-refractivity contribution in [2.75, 3.05) is 0 Å². The first-order chi connectivity index (χ1) is 24.8. The lowest BCUT2D eigenvalue weighted by molar-refractivity contribution is -0.134. The van der Waals surface area contributed by atoms with Gasteiger partial charge in [-0.15, -0.1) is 0 Å². The van der Waals surface area contributed by atoms with Crippen LogP contribution in [-0.4, -0.2) is 0 Å². The Hall–Kier alpha value is -0.260. The highest BCUT2D eigenvalue weighted by molar-refractivity contribution is 5.16. The largest absolute Gasteiger partial charge is 0.0817 e. The van der Waals surface area contributed by atoms with Crippen LogP contribution >= 0.6 is 0 Å². The Balaban J connectivity index is 0.885. The van der Waals surface area contributed by atoms with Crippen LogP contribution in [-0.2, 0) is 0 Å². The summed E-state index contributed by atoms with van der Waals surface area (Å²) in [6, 6.07) is 0. The van der Waals surface area contributed by atoms with E-state index in [1.807, 2.05) is 5.57 Å². The summed E-state index contributed by atoms with van der Waals surface area (Å²) in [5.74, 6) is 18.8. The molecule has 10 saturated carbocycles. The summed E-state index contributed by atoms with van der Waals surface area (Å²) in [6.07, 6.45) is 52.0. The monoisotopic (exact) mass is 681 g/mol. The van der Waals surface area contributed by atoms with Gasteiger partial charge in [0.25, 0.3) is 0 Å². The lowest BCUT2D eigenvalue weighted by atomic mass is 9.43. The Morgan fingerprint density at radius 1 is 0.260 bits per heavy atom. The molecule has 0 aromatic heterocycles. The molecule has 50 heavy (non-hydrogen) atoms. The molecule has 10 aliphatic carbocycles. The number of fused-ring (bicyclic) bond motifs is 5. The summed E-state index contributed by atoms with van der Waals surface area (Å²) in [5.41, 5.74) is 2.02. The highest BCUT2D eigenvalue weighted by atomic mass is 14.7. The Morgan fingerprint density at radius 3 is 1.08 bits per heavy atom. The normalized spacial score (nSPS) is 50.0. The molecule has 11 unspecified atom stereocenters. The minimum absolute atomic E-state index is 0.926. The molecule has 0 radical (unpaired) electrons. The van der Waals surface area contributed by atoms with Crippen molar-refractivity contribution < 1.29 is 0 Å². The second-order valence-electron chi connectivity index (χ2n) is 21.7. The maximum Gasteiger partial charge on any atom is -0.0200 e. The summed E-state index contributed by atoms with van der Waals surface area (Å²) in [7, 11) is 0. The van der Waals surface area contributed by atoms with Crippen molar-refractivity contribution in [1.29, 1.82) is 0 Å². The van der Waals surface area contributed by atoms with Crippen LogP contribution in [0.5, 0.6) is 0 Å². The Bertz CT molecular complexity index is 1080. The summed E-state index contributed by atoms with van der Waals surface area (Å²) >= 11 is 0. The van der Waals surface area contributed by atoms with E-state index in [0.29, 0.717) is 0 Å². The minimum atomic E-state index is 0.926. The molecular formula is C50H80. The highest BCUT2D eigenvalue weighted by Gasteiger charge is 2.61. The third-order valence-corrected chi connectivity index (χ3v) is 20.1. The third kappa shape index (κ3) is 6.20. The van der Waals surface area contributed by atoms with E-state index >= 15 is 0 Å². The van der Waals surface area contributed by atoms with Gasteiger partial charge in [-0.3, -0.25) is 0 Å². The molecule has 0 aliphatic heterocycles. The van der Waals surface area contributed by atoms with E-state index < -0.39 is 0 Å². The molecule has 0 aromatic carbocycles. The molecule has 0 N–H and O–H groups in total. The molecule has 0 heteroatoms. The topological polar surface area (TPSA) is 0 Å². The van der Waals surface area contributed by atoms with Gasteiger partial charge in [0.2, 0.25) is 0 Å². The maximum absolute atomic E-state index is 3.01. The molecule has 10 rings (SSSR count). The first-order valence-electron chi connectivity index (χ1n) is 24.5. The Morgan fingerprint density at radius 2 is 0.600 bits per heavy atom. The predicted molar refractivity (Wildman–Crippen MR) is 211 cm³/mol. The second-order valence-corrected chi connectivity index (χ2v) is 21.7. The van der Waals surface area contributed by atoms with Crippen molar-refractivity contribution >= 4 is 0 Å². The summed E-state index contributed by atoms with van der Waals surface area (Å²) in [6.45, 7) is 0. The fraction of sp³-hybridized carbons (Fsp3) is 0.960. The van der Waals surface area contributed by atoms with E-state index in [9.17, 15) is 0 Å². The van der Waals surface area contributed by atoms with Gasteiger partial charge in [0.05, 0.1) is 0 Å². The zero-order valence-electron chi connectivity index (χ0n) is 32.8. The smallest absolute Gasteiger partial charge is 0.0200 e. The predicted octanol–water partition coefficient (Wildman–Crippen LogP) is 14.6. The quantitative estimate of drug-likeness (QED) is 0.254. The highest BCUT2D eigenvalue weighted by Crippen LogP contribution is 2.68. The van der Waals surface area contributed by atoms with Gasteiger partial charge in [0.15, 0.2) is 0 Å². The van der Waals surface area contributed by atoms with Crippen LogP contribution < -0.4 is 0 Å². The molecular weight excluding hydrogens is 601 g/mol. The molecule has 10 fully saturated rings. The van der Waals surface area contributed by atoms with Crippen LogP contribution in [0, 0.1) is 101 Å². The van der Waals surface area contributed by atoms with E-state index in [4.69, 9.17) is 0 Å². The van der Waals surface area contributed by atoms with Crippen molar-refractivity contribution in [3.63, 3.8) is 0 Å². The molecule has 11 atom stereocenters. The number of allylic oxidation sites excluding steroid dienone is 2. The van der Waals surface area contributed by atoms with E-state index in [-0.39, 0.29) is 0 Å². The standard InChI is InChI=1S/C50H80/c1-3-14-34(15-4-1)47(35-16-5-2-6-17-35)32-33-26-28-36(29-27-33)48-40-20-9-11-22-42(40)50(43-23-12-10-21-41(43)48)46-31-30-45-38-19-8-7-18-37(38)39-24-13-25-44(46)49(39)45/h32-46,48-50H,1-31H2. The van der Waals surface area contributed by atoms with Crippen molar-refractivity contribution in [3.8, 4) is 0 Å². The zero-order chi connectivity index (χ0) is 33.0. The average Bonchev–Trinajstić information content (AvgIpc) is 3.52. The Labute approximate surface area is 310 Å². The molecule has 10 aliphatic rings. The minimum Gasteiger partial charge on any atom is -0.0817 e. The van der Waals surface area contributed by atoms with Gasteiger partial charge in [-0.05, 0) is 216 Å². The van der Waals surface area contributed by atoms with E-state index in [1.54, 1.807) is 135 Å². The summed E-state index contributed by atoms with van der Waals surface area (Å²) < 4.78 is 0. The van der Waals surface area contributed by atoms with Crippen LogP contribution in [0.2, 0.25) is 0 Å².